The largest absolute Gasteiger partial charge is 0.306 e. The number of anilines is 1. The van der Waals surface area contributed by atoms with Crippen LogP contribution in [0.3, 0.4) is 0 Å². The van der Waals surface area contributed by atoms with Crippen molar-refractivity contribution in [2.45, 2.75) is 43.9 Å². The molecule has 4 rings (SSSR count). The Morgan fingerprint density at radius 3 is 2.39 bits per heavy atom. The number of sulfonamides is 1. The smallest absolute Gasteiger partial charge is 0.258 e. The Morgan fingerprint density at radius 2 is 1.76 bits per heavy atom. The first-order valence-electron chi connectivity index (χ1n) is 10.6. The van der Waals surface area contributed by atoms with Crippen LogP contribution in [0.25, 0.3) is 5.95 Å². The van der Waals surface area contributed by atoms with Crippen molar-refractivity contribution in [3.8, 4) is 5.95 Å². The van der Waals surface area contributed by atoms with E-state index < -0.39 is 15.9 Å². The second-order valence-corrected chi connectivity index (χ2v) is 11.2. The second kappa shape index (κ2) is 8.85. The highest BCUT2D eigenvalue weighted by Gasteiger charge is 2.29. The van der Waals surface area contributed by atoms with Crippen molar-refractivity contribution in [2.75, 3.05) is 18.4 Å². The minimum absolute atomic E-state index is 0.0363. The Balaban J connectivity index is 1.70. The fourth-order valence-electron chi connectivity index (χ4n) is 3.49. The highest BCUT2D eigenvalue weighted by Crippen LogP contribution is 2.28. The van der Waals surface area contributed by atoms with Gasteiger partial charge in [0.2, 0.25) is 10.0 Å². The fourth-order valence-corrected chi connectivity index (χ4v) is 5.24. The number of benzene rings is 1. The van der Waals surface area contributed by atoms with Gasteiger partial charge in [-0.15, -0.1) is 0 Å². The molecule has 1 fully saturated rings. The number of halogens is 1. The zero-order chi connectivity index (χ0) is 23.8. The Kier molecular flexibility index (Phi) is 6.26. The standard InChI is InChI=1S/C22H25ClN6O3S/c1-22(2,3)18-14-19(29(27-18)21-24-9-6-10-25-21)26-20(30)16-13-15(7-8-17(16)23)33(31,32)28-11-4-5-12-28/h6-10,13-14H,4-5,11-12H2,1-3H3,(H,26,30). The van der Waals surface area contributed by atoms with Crippen LogP contribution in [0.5, 0.6) is 0 Å². The lowest BCUT2D eigenvalue weighted by molar-refractivity contribution is 0.102. The molecule has 1 saturated heterocycles. The van der Waals surface area contributed by atoms with Gasteiger partial charge in [0.25, 0.3) is 11.9 Å². The van der Waals surface area contributed by atoms with Crippen LogP contribution in [0.1, 0.15) is 49.7 Å². The van der Waals surface area contributed by atoms with Crippen molar-refractivity contribution in [2.24, 2.45) is 0 Å². The molecular formula is C22H25ClN6O3S. The molecule has 0 radical (unpaired) electrons. The van der Waals surface area contributed by atoms with E-state index in [0.717, 1.165) is 18.5 Å². The van der Waals surface area contributed by atoms with E-state index >= 15 is 0 Å². The second-order valence-electron chi connectivity index (χ2n) is 8.83. The van der Waals surface area contributed by atoms with Crippen molar-refractivity contribution in [1.29, 1.82) is 0 Å². The molecule has 0 bridgehead atoms. The summed E-state index contributed by atoms with van der Waals surface area (Å²) in [4.78, 5) is 21.7. The van der Waals surface area contributed by atoms with Gasteiger partial charge in [-0.1, -0.05) is 32.4 Å². The molecule has 0 spiro atoms. The number of hydrogen-bond donors (Lipinski definition) is 1. The molecule has 1 aliphatic rings. The molecule has 11 heteroatoms. The maximum Gasteiger partial charge on any atom is 0.258 e. The summed E-state index contributed by atoms with van der Waals surface area (Å²) < 4.78 is 28.8. The van der Waals surface area contributed by atoms with E-state index in [2.05, 4.69) is 20.4 Å². The van der Waals surface area contributed by atoms with E-state index in [-0.39, 0.29) is 20.9 Å². The topological polar surface area (TPSA) is 110 Å². The molecule has 9 nitrogen and oxygen atoms in total. The number of carbonyl (C=O) groups is 1. The summed E-state index contributed by atoms with van der Waals surface area (Å²) in [6.07, 6.45) is 4.80. The Morgan fingerprint density at radius 1 is 1.09 bits per heavy atom. The summed E-state index contributed by atoms with van der Waals surface area (Å²) in [6, 6.07) is 7.59. The molecule has 3 aromatic rings. The quantitative estimate of drug-likeness (QED) is 0.587. The number of nitrogens with zero attached hydrogens (tertiary/aromatic N) is 5. The normalized spacial score (nSPS) is 15.0. The van der Waals surface area contributed by atoms with Gasteiger partial charge in [-0.2, -0.15) is 14.1 Å². The van der Waals surface area contributed by atoms with Crippen LogP contribution in [0.4, 0.5) is 5.82 Å². The summed E-state index contributed by atoms with van der Waals surface area (Å²) in [5.74, 6) is 0.0794. The molecule has 2 aromatic heterocycles. The first-order valence-corrected chi connectivity index (χ1v) is 12.4. The summed E-state index contributed by atoms with van der Waals surface area (Å²) >= 11 is 6.29. The average Bonchev–Trinajstić information content (AvgIpc) is 3.45. The van der Waals surface area contributed by atoms with Gasteiger partial charge in [0.05, 0.1) is 21.2 Å². The Bertz CT molecular complexity index is 1280. The van der Waals surface area contributed by atoms with E-state index in [1.807, 2.05) is 20.8 Å². The van der Waals surface area contributed by atoms with E-state index in [1.54, 1.807) is 24.5 Å². The van der Waals surface area contributed by atoms with Crippen LogP contribution in [-0.4, -0.2) is 51.5 Å². The third kappa shape index (κ3) is 4.78. The first-order chi connectivity index (χ1) is 15.6. The van der Waals surface area contributed by atoms with Crippen LogP contribution in [0.15, 0.2) is 47.6 Å². The molecule has 174 valence electrons. The molecule has 33 heavy (non-hydrogen) atoms. The lowest BCUT2D eigenvalue weighted by Gasteiger charge is -2.16. The highest BCUT2D eigenvalue weighted by molar-refractivity contribution is 7.89. The van der Waals surface area contributed by atoms with Crippen molar-refractivity contribution in [3.05, 3.63) is 59.0 Å². The minimum atomic E-state index is -3.69. The highest BCUT2D eigenvalue weighted by atomic mass is 35.5. The maximum absolute atomic E-state index is 13.2. The van der Waals surface area contributed by atoms with E-state index in [4.69, 9.17) is 11.6 Å². The van der Waals surface area contributed by atoms with E-state index in [9.17, 15) is 13.2 Å². The van der Waals surface area contributed by atoms with Crippen molar-refractivity contribution < 1.29 is 13.2 Å². The third-order valence-corrected chi connectivity index (χ3v) is 7.57. The number of nitrogens with one attached hydrogen (secondary N) is 1. The van der Waals surface area contributed by atoms with Gasteiger partial charge in [-0.3, -0.25) is 4.79 Å². The summed E-state index contributed by atoms with van der Waals surface area (Å²) in [5, 5.41) is 7.51. The molecule has 0 atom stereocenters. The van der Waals surface area contributed by atoms with Crippen LogP contribution in [0.2, 0.25) is 5.02 Å². The van der Waals surface area contributed by atoms with Crippen LogP contribution < -0.4 is 5.32 Å². The van der Waals surface area contributed by atoms with Gasteiger partial charge >= 0.3 is 0 Å². The molecule has 0 unspecified atom stereocenters. The molecular weight excluding hydrogens is 464 g/mol. The van der Waals surface area contributed by atoms with Crippen LogP contribution in [-0.2, 0) is 15.4 Å². The van der Waals surface area contributed by atoms with Crippen molar-refractivity contribution >= 4 is 33.3 Å². The van der Waals surface area contributed by atoms with E-state index in [0.29, 0.717) is 24.9 Å². The van der Waals surface area contributed by atoms with Gasteiger partial charge in [0, 0.05) is 37.0 Å². The Hall–Kier alpha value is -2.82. The third-order valence-electron chi connectivity index (χ3n) is 5.35. The number of carbonyl (C=O) groups excluding carboxylic acids is 1. The predicted octanol–water partition coefficient (Wildman–Crippen LogP) is 3.65. The molecule has 3 heterocycles. The zero-order valence-corrected chi connectivity index (χ0v) is 20.2. The molecule has 1 N–H and O–H groups in total. The molecule has 0 saturated carbocycles. The molecule has 1 amide bonds. The first kappa shape index (κ1) is 23.3. The van der Waals surface area contributed by atoms with Gasteiger partial charge in [0.15, 0.2) is 0 Å². The Labute approximate surface area is 197 Å². The zero-order valence-electron chi connectivity index (χ0n) is 18.6. The predicted molar refractivity (Wildman–Crippen MR) is 125 cm³/mol. The monoisotopic (exact) mass is 488 g/mol. The SMILES string of the molecule is CC(C)(C)c1cc(NC(=O)c2cc(S(=O)(=O)N3CCCC3)ccc2Cl)n(-c2ncccn2)n1. The van der Waals surface area contributed by atoms with Crippen LogP contribution >= 0.6 is 11.6 Å². The summed E-state index contributed by atoms with van der Waals surface area (Å²) in [6.45, 7) is 6.94. The number of hydrogen-bond acceptors (Lipinski definition) is 6. The van der Waals surface area contributed by atoms with Crippen LogP contribution in [0, 0.1) is 0 Å². The van der Waals surface area contributed by atoms with Gasteiger partial charge in [0.1, 0.15) is 5.82 Å². The van der Waals surface area contributed by atoms with Gasteiger partial charge < -0.3 is 5.32 Å². The number of amides is 1. The number of aromatic nitrogens is 4. The van der Waals surface area contributed by atoms with Gasteiger partial charge in [-0.25, -0.2) is 18.4 Å². The molecule has 1 aliphatic heterocycles. The average molecular weight is 489 g/mol. The molecule has 1 aromatic carbocycles. The maximum atomic E-state index is 13.2. The van der Waals surface area contributed by atoms with Crippen molar-refractivity contribution in [3.63, 3.8) is 0 Å². The molecule has 0 aliphatic carbocycles. The minimum Gasteiger partial charge on any atom is -0.306 e. The van der Waals surface area contributed by atoms with E-state index in [1.165, 1.54) is 27.2 Å². The van der Waals surface area contributed by atoms with Crippen molar-refractivity contribution in [1.82, 2.24) is 24.1 Å². The lowest BCUT2D eigenvalue weighted by Crippen LogP contribution is -2.28. The summed E-state index contributed by atoms with van der Waals surface area (Å²) in [7, 11) is -3.69. The lowest BCUT2D eigenvalue weighted by atomic mass is 9.92. The fraction of sp³-hybridized carbons (Fsp3) is 0.364. The van der Waals surface area contributed by atoms with Gasteiger partial charge in [-0.05, 0) is 37.1 Å². The number of rotatable bonds is 5. The summed E-state index contributed by atoms with van der Waals surface area (Å²) in [5.41, 5.74) is 0.485.